The molecule has 1 heterocycles. The molecule has 0 saturated heterocycles. The Labute approximate surface area is 163 Å². The molecule has 2 aromatic rings. The third kappa shape index (κ3) is 5.12. The van der Waals surface area contributed by atoms with Crippen molar-refractivity contribution in [3.8, 4) is 11.5 Å². The second kappa shape index (κ2) is 9.39. The lowest BCUT2D eigenvalue weighted by Crippen LogP contribution is -2.39. The molecule has 150 valence electrons. The summed E-state index contributed by atoms with van der Waals surface area (Å²) in [6.07, 6.45) is 0.922. The normalized spacial score (nSPS) is 16.3. The van der Waals surface area contributed by atoms with Gasteiger partial charge in [0.05, 0.1) is 6.61 Å². The van der Waals surface area contributed by atoms with Gasteiger partial charge in [-0.3, -0.25) is 4.99 Å². The van der Waals surface area contributed by atoms with Crippen LogP contribution in [0, 0.1) is 6.92 Å². The second-order valence-corrected chi connectivity index (χ2v) is 6.67. The zero-order valence-corrected chi connectivity index (χ0v) is 16.0. The molecule has 3 rings (SSSR count). The molecule has 0 bridgehead atoms. The summed E-state index contributed by atoms with van der Waals surface area (Å²) in [4.78, 5) is 4.23. The summed E-state index contributed by atoms with van der Waals surface area (Å²) in [5.74, 6) is 2.02. The number of aryl methyl sites for hydroxylation is 1. The van der Waals surface area contributed by atoms with Crippen molar-refractivity contribution >= 4 is 5.96 Å². The Morgan fingerprint density at radius 1 is 1.25 bits per heavy atom. The number of guanidine groups is 1. The quantitative estimate of drug-likeness (QED) is 0.582. The highest BCUT2D eigenvalue weighted by molar-refractivity contribution is 5.79. The van der Waals surface area contributed by atoms with Crippen LogP contribution >= 0.6 is 0 Å². The van der Waals surface area contributed by atoms with Crippen LogP contribution in [-0.2, 0) is 6.54 Å². The Morgan fingerprint density at radius 3 is 2.86 bits per heavy atom. The average molecular weight is 389 g/mol. The first-order valence-electron chi connectivity index (χ1n) is 9.27. The minimum absolute atomic E-state index is 0.168. The highest BCUT2D eigenvalue weighted by Gasteiger charge is 2.21. The van der Waals surface area contributed by atoms with Gasteiger partial charge in [0, 0.05) is 31.6 Å². The van der Waals surface area contributed by atoms with Crippen LogP contribution in [0.3, 0.4) is 0 Å². The first kappa shape index (κ1) is 19.9. The minimum Gasteiger partial charge on any atom is -0.493 e. The van der Waals surface area contributed by atoms with Crippen LogP contribution in [0.25, 0.3) is 0 Å². The van der Waals surface area contributed by atoms with Gasteiger partial charge in [0.1, 0.15) is 11.5 Å². The van der Waals surface area contributed by atoms with Crippen molar-refractivity contribution in [2.75, 3.05) is 20.2 Å². The van der Waals surface area contributed by atoms with Gasteiger partial charge in [0.2, 0.25) is 0 Å². The van der Waals surface area contributed by atoms with Gasteiger partial charge >= 0.3 is 6.61 Å². The average Bonchev–Trinajstić information content (AvgIpc) is 2.69. The predicted molar refractivity (Wildman–Crippen MR) is 105 cm³/mol. The van der Waals surface area contributed by atoms with Gasteiger partial charge in [-0.15, -0.1) is 0 Å². The van der Waals surface area contributed by atoms with E-state index in [0.29, 0.717) is 37.1 Å². The van der Waals surface area contributed by atoms with E-state index in [9.17, 15) is 8.78 Å². The van der Waals surface area contributed by atoms with E-state index in [1.54, 1.807) is 19.2 Å². The van der Waals surface area contributed by atoms with E-state index >= 15 is 0 Å². The lowest BCUT2D eigenvalue weighted by molar-refractivity contribution is -0.0504. The molecule has 1 aliphatic heterocycles. The number of fused-ring (bicyclic) bond motifs is 1. The Kier molecular flexibility index (Phi) is 6.68. The molecule has 0 saturated carbocycles. The van der Waals surface area contributed by atoms with Crippen LogP contribution in [-0.4, -0.2) is 32.8 Å². The van der Waals surface area contributed by atoms with E-state index < -0.39 is 6.61 Å². The van der Waals surface area contributed by atoms with Crippen LogP contribution < -0.4 is 20.1 Å². The molecule has 1 atom stereocenters. The number of nitrogens with one attached hydrogen (secondary N) is 2. The van der Waals surface area contributed by atoms with Crippen molar-refractivity contribution in [2.45, 2.75) is 32.4 Å². The van der Waals surface area contributed by atoms with Crippen LogP contribution in [0.1, 0.15) is 29.0 Å². The van der Waals surface area contributed by atoms with Gasteiger partial charge in [-0.25, -0.2) is 0 Å². The molecule has 7 heteroatoms. The zero-order valence-electron chi connectivity index (χ0n) is 16.0. The molecule has 5 nitrogen and oxygen atoms in total. The molecule has 1 aliphatic rings. The number of para-hydroxylation sites is 1. The zero-order chi connectivity index (χ0) is 19.9. The smallest absolute Gasteiger partial charge is 0.387 e. The molecule has 0 radical (unpaired) electrons. The van der Waals surface area contributed by atoms with Gasteiger partial charge in [-0.2, -0.15) is 8.78 Å². The van der Waals surface area contributed by atoms with Crippen LogP contribution in [0.4, 0.5) is 8.78 Å². The van der Waals surface area contributed by atoms with Gasteiger partial charge in [-0.1, -0.05) is 35.9 Å². The number of hydrogen-bond acceptors (Lipinski definition) is 3. The van der Waals surface area contributed by atoms with Crippen molar-refractivity contribution in [1.82, 2.24) is 10.6 Å². The first-order valence-corrected chi connectivity index (χ1v) is 9.27. The molecule has 2 N–H and O–H groups in total. The molecule has 1 unspecified atom stereocenters. The standard InChI is InChI=1S/C21H25F2N3O2/c1-14-7-8-18(28-20(22)23)16(11-14)13-26-21(24-2)25-12-15-9-10-27-19-6-4-3-5-17(15)19/h3-8,11,15,20H,9-10,12-13H2,1-2H3,(H2,24,25,26). The third-order valence-electron chi connectivity index (χ3n) is 4.70. The van der Waals surface area contributed by atoms with Crippen molar-refractivity contribution in [1.29, 1.82) is 0 Å². The number of rotatable bonds is 6. The van der Waals surface area contributed by atoms with Crippen LogP contribution in [0.2, 0.25) is 0 Å². The monoisotopic (exact) mass is 389 g/mol. The number of ether oxygens (including phenoxy) is 2. The lowest BCUT2D eigenvalue weighted by Gasteiger charge is -2.26. The third-order valence-corrected chi connectivity index (χ3v) is 4.70. The van der Waals surface area contributed by atoms with Crippen molar-refractivity contribution in [2.24, 2.45) is 4.99 Å². The number of nitrogens with zero attached hydrogens (tertiary/aromatic N) is 1. The second-order valence-electron chi connectivity index (χ2n) is 6.67. The first-order chi connectivity index (χ1) is 13.6. The maximum absolute atomic E-state index is 12.6. The fraction of sp³-hybridized carbons (Fsp3) is 0.381. The van der Waals surface area contributed by atoms with E-state index in [-0.39, 0.29) is 5.75 Å². The molecular formula is C21H25F2N3O2. The molecular weight excluding hydrogens is 364 g/mol. The lowest BCUT2D eigenvalue weighted by atomic mass is 9.93. The molecule has 0 aromatic heterocycles. The maximum Gasteiger partial charge on any atom is 0.387 e. The molecule has 0 aliphatic carbocycles. The van der Waals surface area contributed by atoms with E-state index in [1.807, 2.05) is 31.2 Å². The summed E-state index contributed by atoms with van der Waals surface area (Å²) in [6.45, 7) is 0.771. The van der Waals surface area contributed by atoms with E-state index in [1.165, 1.54) is 5.56 Å². The highest BCUT2D eigenvalue weighted by atomic mass is 19.3. The largest absolute Gasteiger partial charge is 0.493 e. The summed E-state index contributed by atoms with van der Waals surface area (Å²) >= 11 is 0. The molecule has 28 heavy (non-hydrogen) atoms. The predicted octanol–water partition coefficient (Wildman–Crippen LogP) is 3.83. The van der Waals surface area contributed by atoms with Crippen molar-refractivity contribution in [3.05, 3.63) is 59.2 Å². The Hall–Kier alpha value is -2.83. The molecule has 0 spiro atoms. The number of aliphatic imine (C=N–C) groups is 1. The van der Waals surface area contributed by atoms with Gasteiger partial charge < -0.3 is 20.1 Å². The summed E-state index contributed by atoms with van der Waals surface area (Å²) in [5, 5.41) is 6.49. The number of hydrogen-bond donors (Lipinski definition) is 2. The fourth-order valence-electron chi connectivity index (χ4n) is 3.30. The van der Waals surface area contributed by atoms with E-state index in [4.69, 9.17) is 4.74 Å². The summed E-state index contributed by atoms with van der Waals surface area (Å²) in [5.41, 5.74) is 2.81. The Balaban J connectivity index is 1.60. The highest BCUT2D eigenvalue weighted by Crippen LogP contribution is 2.32. The van der Waals surface area contributed by atoms with Crippen molar-refractivity contribution < 1.29 is 18.3 Å². The van der Waals surface area contributed by atoms with Crippen molar-refractivity contribution in [3.63, 3.8) is 0 Å². The Morgan fingerprint density at radius 2 is 2.07 bits per heavy atom. The SMILES string of the molecule is CN=C(NCc1cc(C)ccc1OC(F)F)NCC1CCOc2ccccc21. The van der Waals surface area contributed by atoms with Gasteiger partial charge in [-0.05, 0) is 31.0 Å². The fourth-order valence-corrected chi connectivity index (χ4v) is 3.30. The maximum atomic E-state index is 12.6. The number of alkyl halides is 2. The summed E-state index contributed by atoms with van der Waals surface area (Å²) < 4.78 is 35.6. The van der Waals surface area contributed by atoms with Gasteiger partial charge in [0.25, 0.3) is 0 Å². The van der Waals surface area contributed by atoms with Crippen LogP contribution in [0.15, 0.2) is 47.5 Å². The molecule has 0 amide bonds. The van der Waals surface area contributed by atoms with E-state index in [2.05, 4.69) is 26.4 Å². The summed E-state index contributed by atoms with van der Waals surface area (Å²) in [6, 6.07) is 13.2. The Bertz CT molecular complexity index is 827. The summed E-state index contributed by atoms with van der Waals surface area (Å²) in [7, 11) is 1.68. The molecule has 2 aromatic carbocycles. The van der Waals surface area contributed by atoms with E-state index in [0.717, 1.165) is 17.7 Å². The van der Waals surface area contributed by atoms with Crippen LogP contribution in [0.5, 0.6) is 11.5 Å². The number of benzene rings is 2. The topological polar surface area (TPSA) is 54.9 Å². The number of halogens is 2. The molecule has 0 fully saturated rings. The van der Waals surface area contributed by atoms with Gasteiger partial charge in [0.15, 0.2) is 5.96 Å². The minimum atomic E-state index is -2.85.